The highest BCUT2D eigenvalue weighted by molar-refractivity contribution is 5.83. The fraction of sp³-hybridized carbons (Fsp3) is 0.593. The number of halogens is 3. The molecule has 10 heteroatoms. The molecule has 3 aromatic rings. The van der Waals surface area contributed by atoms with Gasteiger partial charge in [-0.25, -0.2) is 4.98 Å². The Balaban J connectivity index is 1.000. The van der Waals surface area contributed by atoms with Gasteiger partial charge in [0.2, 0.25) is 5.91 Å². The van der Waals surface area contributed by atoms with Crippen molar-refractivity contribution in [2.45, 2.75) is 50.7 Å². The van der Waals surface area contributed by atoms with E-state index in [1.54, 1.807) is 12.3 Å². The highest BCUT2D eigenvalue weighted by Crippen LogP contribution is 2.43. The van der Waals surface area contributed by atoms with Gasteiger partial charge in [0, 0.05) is 55.8 Å². The third-order valence-corrected chi connectivity index (χ3v) is 8.40. The summed E-state index contributed by atoms with van der Waals surface area (Å²) in [6, 6.07) is 4.13. The van der Waals surface area contributed by atoms with Crippen LogP contribution in [0, 0.1) is 17.8 Å². The molecule has 7 nitrogen and oxygen atoms in total. The Bertz CT molecular complexity index is 1230. The summed E-state index contributed by atoms with van der Waals surface area (Å²) < 4.78 is 47.2. The van der Waals surface area contributed by atoms with Crippen molar-refractivity contribution in [3.8, 4) is 0 Å². The number of amides is 1. The minimum Gasteiger partial charge on any atom is -0.355 e. The average molecular weight is 516 g/mol. The Morgan fingerprint density at radius 1 is 1.11 bits per heavy atom. The van der Waals surface area contributed by atoms with Gasteiger partial charge in [0.15, 0.2) is 5.58 Å². The number of imidazole rings is 1. The van der Waals surface area contributed by atoms with Gasteiger partial charge in [-0.05, 0) is 69.2 Å². The van der Waals surface area contributed by atoms with Crippen molar-refractivity contribution in [2.75, 3.05) is 32.7 Å². The third-order valence-electron chi connectivity index (χ3n) is 8.40. The minimum absolute atomic E-state index is 0.0818. The summed E-state index contributed by atoms with van der Waals surface area (Å²) in [5, 5.41) is 4.53. The number of piperidine rings is 2. The fourth-order valence-corrected chi connectivity index (χ4v) is 6.31. The molecule has 0 spiro atoms. The predicted molar refractivity (Wildman–Crippen MR) is 131 cm³/mol. The van der Waals surface area contributed by atoms with E-state index in [-0.39, 0.29) is 17.4 Å². The van der Waals surface area contributed by atoms with Crippen LogP contribution in [0.2, 0.25) is 0 Å². The first kappa shape index (κ1) is 24.5. The molecular formula is C27H32F3N5O2. The molecule has 6 rings (SSSR count). The minimum atomic E-state index is -4.47. The lowest BCUT2D eigenvalue weighted by atomic mass is 9.91. The third kappa shape index (κ3) is 5.12. The molecule has 4 heterocycles. The van der Waals surface area contributed by atoms with Gasteiger partial charge in [-0.3, -0.25) is 4.79 Å². The van der Waals surface area contributed by atoms with E-state index in [1.165, 1.54) is 6.07 Å². The highest BCUT2D eigenvalue weighted by atomic mass is 19.4. The summed E-state index contributed by atoms with van der Waals surface area (Å²) in [6.07, 6.45) is 5.94. The molecule has 0 bridgehead atoms. The lowest BCUT2D eigenvalue weighted by Crippen LogP contribution is -2.42. The van der Waals surface area contributed by atoms with E-state index in [0.717, 1.165) is 77.4 Å². The first-order chi connectivity index (χ1) is 17.9. The van der Waals surface area contributed by atoms with E-state index in [4.69, 9.17) is 4.52 Å². The van der Waals surface area contributed by atoms with Crippen LogP contribution < -0.4 is 0 Å². The Hall–Kier alpha value is -2.88. The van der Waals surface area contributed by atoms with Gasteiger partial charge in [-0.2, -0.15) is 13.2 Å². The quantitative estimate of drug-likeness (QED) is 0.472. The van der Waals surface area contributed by atoms with E-state index in [2.05, 4.69) is 24.5 Å². The van der Waals surface area contributed by atoms with Gasteiger partial charge in [-0.1, -0.05) is 11.2 Å². The normalized spacial score (nSPS) is 25.6. The van der Waals surface area contributed by atoms with E-state index in [0.29, 0.717) is 28.8 Å². The van der Waals surface area contributed by atoms with Crippen molar-refractivity contribution in [3.63, 3.8) is 0 Å². The monoisotopic (exact) mass is 515 g/mol. The van der Waals surface area contributed by atoms with Crippen LogP contribution in [0.1, 0.15) is 49.3 Å². The van der Waals surface area contributed by atoms with Crippen LogP contribution >= 0.6 is 0 Å². The number of alkyl halides is 3. The molecule has 0 radical (unpaired) electrons. The van der Waals surface area contributed by atoms with Crippen LogP contribution in [0.5, 0.6) is 0 Å². The second-order valence-electron chi connectivity index (χ2n) is 11.0. The molecule has 3 aliphatic rings. The second kappa shape index (κ2) is 9.78. The number of carbonyl (C=O) groups excluding carboxylic acids is 1. The number of fused-ring (bicyclic) bond motifs is 1. The lowest BCUT2D eigenvalue weighted by Gasteiger charge is -2.33. The number of hydrogen-bond acceptors (Lipinski definition) is 5. The first-order valence-corrected chi connectivity index (χ1v) is 13.3. The largest absolute Gasteiger partial charge is 0.420 e. The van der Waals surface area contributed by atoms with E-state index < -0.39 is 11.7 Å². The Morgan fingerprint density at radius 2 is 1.95 bits per heavy atom. The van der Waals surface area contributed by atoms with Gasteiger partial charge >= 0.3 is 6.18 Å². The van der Waals surface area contributed by atoms with Crippen molar-refractivity contribution in [1.82, 2.24) is 24.5 Å². The Labute approximate surface area is 213 Å². The molecule has 1 saturated carbocycles. The summed E-state index contributed by atoms with van der Waals surface area (Å²) in [7, 11) is 0. The number of hydrogen-bond donors (Lipinski definition) is 0. The maximum absolute atomic E-state index is 13.3. The zero-order chi connectivity index (χ0) is 25.6. The van der Waals surface area contributed by atoms with Crippen LogP contribution in [0.15, 0.2) is 41.4 Å². The molecule has 198 valence electrons. The van der Waals surface area contributed by atoms with Crippen molar-refractivity contribution in [2.24, 2.45) is 17.8 Å². The summed E-state index contributed by atoms with van der Waals surface area (Å²) in [4.78, 5) is 21.8. The van der Waals surface area contributed by atoms with Gasteiger partial charge < -0.3 is 18.9 Å². The number of likely N-dealkylation sites (tertiary alicyclic amines) is 2. The van der Waals surface area contributed by atoms with Crippen LogP contribution in [-0.4, -0.2) is 63.1 Å². The van der Waals surface area contributed by atoms with Crippen molar-refractivity contribution >= 4 is 16.9 Å². The number of carbonyl (C=O) groups is 1. The van der Waals surface area contributed by atoms with Crippen LogP contribution in [0.4, 0.5) is 13.2 Å². The SMILES string of the molecule is O=C([C@@H]1CC1CN1CCC(c2noc3c(C(F)(F)F)cccc23)CC1)N1CCC[C@@H](Cn2ccnc2)C1. The Morgan fingerprint density at radius 3 is 2.70 bits per heavy atom. The van der Waals surface area contributed by atoms with Gasteiger partial charge in [0.05, 0.1) is 12.0 Å². The van der Waals surface area contributed by atoms with E-state index >= 15 is 0 Å². The summed E-state index contributed by atoms with van der Waals surface area (Å²) >= 11 is 0. The molecule has 37 heavy (non-hydrogen) atoms. The molecular weight excluding hydrogens is 483 g/mol. The standard InChI is InChI=1S/C27H32F3N5O2/c28-27(29,30)23-5-1-4-21-24(32-37-25(21)23)19-6-10-33(11-7-19)16-20-13-22(20)26(36)35-9-2-3-18(15-35)14-34-12-8-31-17-34/h1,4-5,8,12,17-20,22H,2-3,6-7,9-11,13-16H2/t18-,20?,22+/m0/s1. The van der Waals surface area contributed by atoms with Crippen molar-refractivity contribution in [1.29, 1.82) is 0 Å². The van der Waals surface area contributed by atoms with Gasteiger partial charge in [0.25, 0.3) is 0 Å². The number of para-hydroxylation sites is 1. The molecule has 1 aliphatic carbocycles. The van der Waals surface area contributed by atoms with Crippen LogP contribution in [0.3, 0.4) is 0 Å². The highest BCUT2D eigenvalue weighted by Gasteiger charge is 2.46. The predicted octanol–water partition coefficient (Wildman–Crippen LogP) is 4.80. The Kier molecular flexibility index (Phi) is 6.46. The summed E-state index contributed by atoms with van der Waals surface area (Å²) in [5.74, 6) is 1.40. The molecule has 0 N–H and O–H groups in total. The first-order valence-electron chi connectivity index (χ1n) is 13.3. The van der Waals surface area contributed by atoms with Crippen LogP contribution in [0.25, 0.3) is 11.0 Å². The molecule has 2 aromatic heterocycles. The van der Waals surface area contributed by atoms with Crippen molar-refractivity contribution in [3.05, 3.63) is 48.2 Å². The van der Waals surface area contributed by atoms with E-state index in [9.17, 15) is 18.0 Å². The summed E-state index contributed by atoms with van der Waals surface area (Å²) in [5.41, 5.74) is -0.306. The molecule has 3 atom stereocenters. The molecule has 1 unspecified atom stereocenters. The van der Waals surface area contributed by atoms with Crippen LogP contribution in [-0.2, 0) is 17.5 Å². The maximum atomic E-state index is 13.3. The zero-order valence-electron chi connectivity index (χ0n) is 20.7. The lowest BCUT2D eigenvalue weighted by molar-refractivity contribution is -0.137. The number of benzene rings is 1. The van der Waals surface area contributed by atoms with Gasteiger partial charge in [0.1, 0.15) is 5.56 Å². The second-order valence-corrected chi connectivity index (χ2v) is 11.0. The average Bonchev–Trinajstić information content (AvgIpc) is 3.25. The maximum Gasteiger partial charge on any atom is 0.420 e. The number of rotatable bonds is 6. The molecule has 2 aliphatic heterocycles. The van der Waals surface area contributed by atoms with E-state index in [1.807, 2.05) is 12.5 Å². The van der Waals surface area contributed by atoms with Gasteiger partial charge in [-0.15, -0.1) is 0 Å². The topological polar surface area (TPSA) is 67.4 Å². The summed E-state index contributed by atoms with van der Waals surface area (Å²) in [6.45, 7) is 5.21. The molecule has 3 fully saturated rings. The molecule has 1 amide bonds. The molecule has 1 aromatic carbocycles. The zero-order valence-corrected chi connectivity index (χ0v) is 20.7. The fourth-order valence-electron chi connectivity index (χ4n) is 6.31. The number of nitrogens with zero attached hydrogens (tertiary/aromatic N) is 5. The molecule has 2 saturated heterocycles. The van der Waals surface area contributed by atoms with Crippen molar-refractivity contribution < 1.29 is 22.5 Å². The number of aromatic nitrogens is 3. The smallest absolute Gasteiger partial charge is 0.355 e.